The van der Waals surface area contributed by atoms with E-state index in [4.69, 9.17) is 12.2 Å². The van der Waals surface area contributed by atoms with Crippen LogP contribution in [0.5, 0.6) is 5.75 Å². The van der Waals surface area contributed by atoms with E-state index in [1.54, 1.807) is 23.2 Å². The number of carbonyl (C=O) groups is 1. The van der Waals surface area contributed by atoms with Gasteiger partial charge in [0.25, 0.3) is 5.91 Å². The number of carbonyl (C=O) groups excluding carboxylic acids is 1. The van der Waals surface area contributed by atoms with E-state index in [-0.39, 0.29) is 22.7 Å². The molecule has 16 heteroatoms. The molecule has 46 heavy (non-hydrogen) atoms. The van der Waals surface area contributed by atoms with Gasteiger partial charge in [-0.2, -0.15) is 10.1 Å². The van der Waals surface area contributed by atoms with Gasteiger partial charge in [0.1, 0.15) is 12.1 Å². The van der Waals surface area contributed by atoms with Gasteiger partial charge in [-0.3, -0.25) is 15.1 Å². The molecular weight excluding hydrogens is 771 g/mol. The molecule has 1 amide bonds. The lowest BCUT2D eigenvalue weighted by Crippen LogP contribution is -2.35. The molecule has 1 fully saturated rings. The molecule has 1 aliphatic heterocycles. The van der Waals surface area contributed by atoms with Crippen molar-refractivity contribution in [2.24, 2.45) is 10.1 Å². The van der Waals surface area contributed by atoms with Gasteiger partial charge in [-0.05, 0) is 116 Å². The molecular formula is C30H24Br2F3N7O2S2. The van der Waals surface area contributed by atoms with Gasteiger partial charge in [-0.15, -0.1) is 18.3 Å². The van der Waals surface area contributed by atoms with Crippen LogP contribution in [0.2, 0.25) is 0 Å². The molecule has 0 atom stereocenters. The van der Waals surface area contributed by atoms with E-state index in [9.17, 15) is 18.0 Å². The van der Waals surface area contributed by atoms with Crippen LogP contribution in [0.3, 0.4) is 0 Å². The number of thiocarbonyl (C=S) groups is 1. The fourth-order valence-corrected chi connectivity index (χ4v) is 6.59. The van der Waals surface area contributed by atoms with Crippen molar-refractivity contribution in [1.82, 2.24) is 20.2 Å². The Bertz CT molecular complexity index is 1830. The maximum atomic E-state index is 13.4. The Labute approximate surface area is 288 Å². The van der Waals surface area contributed by atoms with Crippen molar-refractivity contribution in [3.8, 4) is 22.8 Å². The largest absolute Gasteiger partial charge is 0.573 e. The summed E-state index contributed by atoms with van der Waals surface area (Å²) >= 11 is 13.5. The molecule has 4 aromatic rings. The summed E-state index contributed by atoms with van der Waals surface area (Å²) in [5, 5.41) is 9.06. The van der Waals surface area contributed by atoms with Crippen LogP contribution in [0.1, 0.15) is 36.5 Å². The van der Waals surface area contributed by atoms with E-state index in [0.29, 0.717) is 16.7 Å². The highest BCUT2D eigenvalue weighted by Gasteiger charge is 2.49. The van der Waals surface area contributed by atoms with E-state index in [1.807, 2.05) is 37.3 Å². The molecule has 5 rings (SSSR count). The molecule has 1 aliphatic rings. The van der Waals surface area contributed by atoms with E-state index in [0.717, 1.165) is 27.9 Å². The van der Waals surface area contributed by atoms with Crippen LogP contribution < -0.4 is 15.1 Å². The number of anilines is 1. The van der Waals surface area contributed by atoms with Gasteiger partial charge in [0.05, 0.1) is 17.6 Å². The molecule has 238 valence electrons. The van der Waals surface area contributed by atoms with Gasteiger partial charge in [-0.1, -0.05) is 50.2 Å². The topological polar surface area (TPSA) is 97.0 Å². The van der Waals surface area contributed by atoms with Crippen molar-refractivity contribution in [1.29, 1.82) is 0 Å². The standard InChI is InChI=1S/C30H24Br2F3N7O2S2/c1-17(2)23-13-4-18(3)14-24(23)42-26(43)29(31,32)46-28(42)38-27(45)39-37-15-19-5-7-20(8-6-19)25-36-16-41(40-25)21-9-11-22(12-10-21)44-30(33,34)35/h4-17H,1-3H3,(H,39,45)/b37-15+,38-28?. The molecule has 0 unspecified atom stereocenters. The molecule has 1 saturated heterocycles. The number of amides is 1. The summed E-state index contributed by atoms with van der Waals surface area (Å²) in [6, 6.07) is 18.5. The lowest BCUT2D eigenvalue weighted by atomic mass is 9.99. The van der Waals surface area contributed by atoms with Crippen LogP contribution in [0.25, 0.3) is 17.1 Å². The quantitative estimate of drug-likeness (QED) is 0.0876. The molecule has 0 aliphatic carbocycles. The molecule has 1 aromatic heterocycles. The fourth-order valence-electron chi connectivity index (χ4n) is 4.35. The number of benzene rings is 3. The van der Waals surface area contributed by atoms with Crippen LogP contribution >= 0.6 is 55.8 Å². The second-order valence-corrected chi connectivity index (χ2v) is 16.3. The Morgan fingerprint density at radius 1 is 1.11 bits per heavy atom. The Hall–Kier alpha value is -3.60. The fraction of sp³-hybridized carbons (Fsp3) is 0.200. The molecule has 2 heterocycles. The first-order valence-electron chi connectivity index (χ1n) is 13.5. The molecule has 0 saturated carbocycles. The van der Waals surface area contributed by atoms with E-state index >= 15 is 0 Å². The molecule has 9 nitrogen and oxygen atoms in total. The Balaban J connectivity index is 1.25. The third kappa shape index (κ3) is 8.03. The van der Waals surface area contributed by atoms with Crippen LogP contribution in [0, 0.1) is 6.92 Å². The first-order valence-corrected chi connectivity index (χ1v) is 16.3. The first kappa shape index (κ1) is 33.8. The first-order chi connectivity index (χ1) is 21.7. The Morgan fingerprint density at radius 3 is 2.46 bits per heavy atom. The van der Waals surface area contributed by atoms with Crippen molar-refractivity contribution in [3.63, 3.8) is 0 Å². The van der Waals surface area contributed by atoms with Gasteiger partial charge >= 0.3 is 6.36 Å². The highest BCUT2D eigenvalue weighted by Crippen LogP contribution is 2.50. The Morgan fingerprint density at radius 2 is 1.80 bits per heavy atom. The maximum absolute atomic E-state index is 13.4. The van der Waals surface area contributed by atoms with Gasteiger partial charge in [0, 0.05) is 5.56 Å². The van der Waals surface area contributed by atoms with Crippen LogP contribution in [0.15, 0.2) is 83.2 Å². The van der Waals surface area contributed by atoms with Gasteiger partial charge in [0.15, 0.2) is 11.0 Å². The summed E-state index contributed by atoms with van der Waals surface area (Å²) < 4.78 is 41.5. The number of alkyl halides is 5. The summed E-state index contributed by atoms with van der Waals surface area (Å²) in [5.74, 6) is 0.0351. The number of aromatic nitrogens is 3. The second kappa shape index (κ2) is 13.6. The number of nitrogens with one attached hydrogen (secondary N) is 1. The number of amidine groups is 1. The van der Waals surface area contributed by atoms with Crippen molar-refractivity contribution in [2.75, 3.05) is 4.90 Å². The zero-order valence-electron chi connectivity index (χ0n) is 24.3. The zero-order chi connectivity index (χ0) is 33.2. The lowest BCUT2D eigenvalue weighted by molar-refractivity contribution is -0.274. The van der Waals surface area contributed by atoms with Gasteiger partial charge < -0.3 is 4.74 Å². The summed E-state index contributed by atoms with van der Waals surface area (Å²) in [6.07, 6.45) is -1.73. The van der Waals surface area contributed by atoms with Crippen molar-refractivity contribution in [2.45, 2.75) is 35.6 Å². The predicted octanol–water partition coefficient (Wildman–Crippen LogP) is 8.05. The average Bonchev–Trinajstić information content (AvgIpc) is 3.55. The van der Waals surface area contributed by atoms with Crippen LogP contribution in [-0.2, 0) is 4.79 Å². The molecule has 3 aromatic carbocycles. The third-order valence-corrected chi connectivity index (χ3v) is 9.20. The number of rotatable bonds is 7. The molecule has 1 N–H and O–H groups in total. The van der Waals surface area contributed by atoms with E-state index in [2.05, 4.69) is 76.0 Å². The second-order valence-electron chi connectivity index (χ2n) is 10.2. The monoisotopic (exact) mass is 793 g/mol. The number of ether oxygens (including phenoxy) is 1. The number of aryl methyl sites for hydroxylation is 1. The zero-order valence-corrected chi connectivity index (χ0v) is 29.1. The van der Waals surface area contributed by atoms with Gasteiger partial charge in [0.2, 0.25) is 7.68 Å². The third-order valence-electron chi connectivity index (χ3n) is 6.48. The molecule has 0 spiro atoms. The number of hydrazone groups is 1. The number of halogens is 5. The number of nitrogens with zero attached hydrogens (tertiary/aromatic N) is 6. The van der Waals surface area contributed by atoms with E-state index in [1.165, 1.54) is 47.0 Å². The average molecular weight is 796 g/mol. The predicted molar refractivity (Wildman–Crippen MR) is 185 cm³/mol. The van der Waals surface area contributed by atoms with E-state index < -0.39 is 8.93 Å². The van der Waals surface area contributed by atoms with Crippen LogP contribution in [0.4, 0.5) is 18.9 Å². The summed E-state index contributed by atoms with van der Waals surface area (Å²) in [4.78, 5) is 23.7. The number of thioether (sulfide) groups is 1. The van der Waals surface area contributed by atoms with Gasteiger partial charge in [-0.25, -0.2) is 9.67 Å². The molecule has 0 bridgehead atoms. The minimum absolute atomic E-state index is 0.0670. The number of aliphatic imine (C=N–C) groups is 1. The minimum Gasteiger partial charge on any atom is -0.406 e. The minimum atomic E-state index is -4.76. The Kier molecular flexibility index (Phi) is 10.0. The normalized spacial score (nSPS) is 15.7. The number of hydrogen-bond donors (Lipinski definition) is 1. The van der Waals surface area contributed by atoms with Crippen molar-refractivity contribution < 1.29 is 22.7 Å². The summed E-state index contributed by atoms with van der Waals surface area (Å²) in [5.41, 5.74) is 7.47. The molecule has 0 radical (unpaired) electrons. The smallest absolute Gasteiger partial charge is 0.406 e. The number of hydrogen-bond acceptors (Lipinski definition) is 7. The maximum Gasteiger partial charge on any atom is 0.573 e. The summed E-state index contributed by atoms with van der Waals surface area (Å²) in [6.45, 7) is 6.09. The van der Waals surface area contributed by atoms with Crippen molar-refractivity contribution in [3.05, 3.63) is 89.7 Å². The highest BCUT2D eigenvalue weighted by atomic mass is 79.9. The summed E-state index contributed by atoms with van der Waals surface area (Å²) in [7, 11) is 0. The lowest BCUT2D eigenvalue weighted by Gasteiger charge is -2.22. The highest BCUT2D eigenvalue weighted by molar-refractivity contribution is 9.29. The van der Waals surface area contributed by atoms with Crippen LogP contribution in [-0.4, -0.2) is 46.1 Å². The van der Waals surface area contributed by atoms with Crippen molar-refractivity contribution >= 4 is 83.9 Å². The SMILES string of the molecule is Cc1ccc(C(C)C)c(N2C(=O)C(Br)(Br)SC2=NC(=S)N/N=C/c2ccc(-c3ncn(-c4ccc(OC(F)(F)F)cc4)n3)cc2)c1.